The average Bonchev–Trinajstić information content (AvgIpc) is 2.84. The minimum absolute atomic E-state index is 0.0936. The fraction of sp³-hybridized carbons (Fsp3) is 0.333. The van der Waals surface area contributed by atoms with Crippen molar-refractivity contribution in [2.45, 2.75) is 45.3 Å². The molecule has 0 bridgehead atoms. The zero-order chi connectivity index (χ0) is 21.0. The molecular weight excluding hydrogens is 378 g/mol. The molecule has 2 aromatic rings. The number of rotatable bonds is 2. The summed E-state index contributed by atoms with van der Waals surface area (Å²) in [6.07, 6.45) is 0.730. The predicted octanol–water partition coefficient (Wildman–Crippen LogP) is 5.01. The molecule has 1 aliphatic carbocycles. The molecule has 0 amide bonds. The summed E-state index contributed by atoms with van der Waals surface area (Å²) < 4.78 is 6.46. The van der Waals surface area contributed by atoms with E-state index in [4.69, 9.17) is 4.43 Å². The topological polar surface area (TPSA) is 55.4 Å². The van der Waals surface area contributed by atoms with Gasteiger partial charge in [0, 0.05) is 17.7 Å². The van der Waals surface area contributed by atoms with Crippen LogP contribution >= 0.6 is 0 Å². The lowest BCUT2D eigenvalue weighted by Gasteiger charge is -2.36. The van der Waals surface area contributed by atoms with Crippen LogP contribution in [0.5, 0.6) is 5.75 Å². The molecule has 0 fully saturated rings. The average molecular weight is 406 g/mol. The van der Waals surface area contributed by atoms with Gasteiger partial charge < -0.3 is 9.74 Å². The van der Waals surface area contributed by atoms with Crippen molar-refractivity contribution in [3.63, 3.8) is 0 Å². The second-order valence-corrected chi connectivity index (χ2v) is 14.0. The summed E-state index contributed by atoms with van der Waals surface area (Å²) in [5.74, 6) is 0.642. The summed E-state index contributed by atoms with van der Waals surface area (Å²) in [5, 5.41) is 3.32. The second kappa shape index (κ2) is 6.70. The normalized spacial score (nSPS) is 16.4. The molecule has 2 aromatic carbocycles. The number of Topliss-reactive ketones (excluding diaryl/α,β-unsaturated/α-hetero) is 2. The van der Waals surface area contributed by atoms with E-state index in [9.17, 15) is 9.59 Å². The van der Waals surface area contributed by atoms with Gasteiger partial charge in [0.2, 0.25) is 14.1 Å². The van der Waals surface area contributed by atoms with Crippen molar-refractivity contribution in [3.05, 3.63) is 70.4 Å². The Bertz CT molecular complexity index is 1060. The first-order valence-electron chi connectivity index (χ1n) is 10.1. The number of nitrogens with one attached hydrogen (secondary N) is 1. The summed E-state index contributed by atoms with van der Waals surface area (Å²) in [7, 11) is -1.96. The van der Waals surface area contributed by atoms with Gasteiger partial charge in [-0.3, -0.25) is 9.59 Å². The molecule has 0 saturated heterocycles. The number of hydrogen-bond acceptors (Lipinski definition) is 4. The molecule has 29 heavy (non-hydrogen) atoms. The number of allylic oxidation sites excluding steroid dienone is 2. The Kier molecular flexibility index (Phi) is 4.54. The monoisotopic (exact) mass is 405 g/mol. The number of hydrogen-bond donors (Lipinski definition) is 1. The fourth-order valence-electron chi connectivity index (χ4n) is 3.66. The highest BCUT2D eigenvalue weighted by atomic mass is 28.4. The molecule has 1 N–H and O–H groups in total. The molecule has 0 aromatic heterocycles. The Labute approximate surface area is 173 Å². The summed E-state index contributed by atoms with van der Waals surface area (Å²) in [6.45, 7) is 11.7. The van der Waals surface area contributed by atoms with Gasteiger partial charge in [0.1, 0.15) is 5.75 Å². The van der Waals surface area contributed by atoms with E-state index >= 15 is 0 Å². The second-order valence-electron chi connectivity index (χ2n) is 9.31. The predicted molar refractivity (Wildman–Crippen MR) is 118 cm³/mol. The number of carbonyl (C=O) groups excluding carboxylic acids is 2. The first kappa shape index (κ1) is 19.6. The van der Waals surface area contributed by atoms with Crippen molar-refractivity contribution >= 4 is 25.5 Å². The van der Waals surface area contributed by atoms with Gasteiger partial charge in [-0.2, -0.15) is 0 Å². The van der Waals surface area contributed by atoms with Gasteiger partial charge in [-0.05, 0) is 47.8 Å². The van der Waals surface area contributed by atoms with E-state index < -0.39 is 8.32 Å². The summed E-state index contributed by atoms with van der Waals surface area (Å²) >= 11 is 0. The van der Waals surface area contributed by atoms with Gasteiger partial charge in [0.15, 0.2) is 5.78 Å². The maximum Gasteiger partial charge on any atom is 0.250 e. The van der Waals surface area contributed by atoms with E-state index in [1.54, 1.807) is 24.3 Å². The first-order valence-corrected chi connectivity index (χ1v) is 13.0. The maximum atomic E-state index is 13.3. The van der Waals surface area contributed by atoms with Crippen molar-refractivity contribution in [2.75, 3.05) is 6.54 Å². The number of fused-ring (bicyclic) bond motifs is 3. The van der Waals surface area contributed by atoms with Crippen LogP contribution in [0.25, 0.3) is 5.57 Å². The molecule has 0 spiro atoms. The van der Waals surface area contributed by atoms with Gasteiger partial charge in [-0.25, -0.2) is 0 Å². The fourth-order valence-corrected chi connectivity index (χ4v) is 4.68. The number of ketones is 2. The van der Waals surface area contributed by atoms with Crippen molar-refractivity contribution in [2.24, 2.45) is 0 Å². The van der Waals surface area contributed by atoms with Crippen molar-refractivity contribution in [1.82, 2.24) is 5.32 Å². The minimum Gasteiger partial charge on any atom is -0.543 e. The quantitative estimate of drug-likeness (QED) is 0.714. The lowest BCUT2D eigenvalue weighted by Crippen LogP contribution is -2.43. The number of carbonyl (C=O) groups is 2. The molecule has 0 atom stereocenters. The molecule has 4 nitrogen and oxygen atoms in total. The van der Waals surface area contributed by atoms with Crippen LogP contribution in [0.3, 0.4) is 0 Å². The van der Waals surface area contributed by atoms with Crippen LogP contribution in [0.4, 0.5) is 0 Å². The van der Waals surface area contributed by atoms with Crippen LogP contribution in [0, 0.1) is 0 Å². The van der Waals surface area contributed by atoms with Crippen LogP contribution < -0.4 is 9.74 Å². The highest BCUT2D eigenvalue weighted by molar-refractivity contribution is 6.74. The van der Waals surface area contributed by atoms with E-state index in [-0.39, 0.29) is 16.6 Å². The third-order valence-electron chi connectivity index (χ3n) is 6.34. The van der Waals surface area contributed by atoms with Crippen LogP contribution in [-0.2, 0) is 6.42 Å². The third kappa shape index (κ3) is 3.23. The molecule has 4 rings (SSSR count). The molecular formula is C24H27NO3Si. The first-order chi connectivity index (χ1) is 13.6. The third-order valence-corrected chi connectivity index (χ3v) is 10.7. The SMILES string of the molecule is CC(C)(C)[Si](C)(C)Oc1ccc2c(c1)CCNC1=C2C(=O)c2ccccc2C1=O. The van der Waals surface area contributed by atoms with E-state index in [0.29, 0.717) is 28.9 Å². The molecule has 1 heterocycles. The van der Waals surface area contributed by atoms with Crippen molar-refractivity contribution in [1.29, 1.82) is 0 Å². The molecule has 0 saturated carbocycles. The van der Waals surface area contributed by atoms with Crippen LogP contribution in [0.2, 0.25) is 18.1 Å². The molecule has 1 aliphatic heterocycles. The van der Waals surface area contributed by atoms with Crippen LogP contribution in [-0.4, -0.2) is 26.4 Å². The minimum atomic E-state index is -1.96. The molecule has 150 valence electrons. The van der Waals surface area contributed by atoms with E-state index in [0.717, 1.165) is 23.3 Å². The van der Waals surface area contributed by atoms with Gasteiger partial charge in [0.25, 0.3) is 0 Å². The highest BCUT2D eigenvalue weighted by Gasteiger charge is 2.39. The molecule has 5 heteroatoms. The summed E-state index contributed by atoms with van der Waals surface area (Å²) in [4.78, 5) is 26.3. The van der Waals surface area contributed by atoms with E-state index in [1.165, 1.54) is 0 Å². The standard InChI is InChI=1S/C24H27NO3Si/c1-24(2,3)29(4,5)28-16-10-11-17-15(14-16)12-13-25-21-20(17)22(26)18-8-6-7-9-19(18)23(21)27/h6-11,14,25H,12-13H2,1-5H3. The van der Waals surface area contributed by atoms with E-state index in [2.05, 4.69) is 39.2 Å². The number of benzene rings is 2. The Morgan fingerprint density at radius 3 is 2.24 bits per heavy atom. The smallest absolute Gasteiger partial charge is 0.250 e. The molecule has 2 aliphatic rings. The Morgan fingerprint density at radius 2 is 1.59 bits per heavy atom. The largest absolute Gasteiger partial charge is 0.543 e. The van der Waals surface area contributed by atoms with Gasteiger partial charge in [-0.15, -0.1) is 0 Å². The van der Waals surface area contributed by atoms with Crippen LogP contribution in [0.1, 0.15) is 52.6 Å². The lowest BCUT2D eigenvalue weighted by molar-refractivity contribution is 0.0986. The van der Waals surface area contributed by atoms with Crippen LogP contribution in [0.15, 0.2) is 48.2 Å². The zero-order valence-corrected chi connectivity index (χ0v) is 18.7. The van der Waals surface area contributed by atoms with Crippen molar-refractivity contribution in [3.8, 4) is 5.75 Å². The van der Waals surface area contributed by atoms with Gasteiger partial charge in [0.05, 0.1) is 11.3 Å². The zero-order valence-electron chi connectivity index (χ0n) is 17.7. The van der Waals surface area contributed by atoms with Gasteiger partial charge in [-0.1, -0.05) is 51.1 Å². The Morgan fingerprint density at radius 1 is 0.931 bits per heavy atom. The Hall–Kier alpha value is -2.66. The molecule has 0 radical (unpaired) electrons. The molecule has 0 unspecified atom stereocenters. The Balaban J connectivity index is 1.79. The van der Waals surface area contributed by atoms with Crippen molar-refractivity contribution < 1.29 is 14.0 Å². The van der Waals surface area contributed by atoms with Gasteiger partial charge >= 0.3 is 0 Å². The summed E-state index contributed by atoms with van der Waals surface area (Å²) in [5.41, 5.74) is 3.74. The maximum absolute atomic E-state index is 13.3. The summed E-state index contributed by atoms with van der Waals surface area (Å²) in [6, 6.07) is 13.0. The van der Waals surface area contributed by atoms with E-state index in [1.807, 2.05) is 18.2 Å². The highest BCUT2D eigenvalue weighted by Crippen LogP contribution is 2.39. The lowest BCUT2D eigenvalue weighted by atomic mass is 9.83.